The molecule has 1 fully saturated rings. The standard InChI is InChI=1S/C24H26N2O4/c1-4-30-22(27)16-17(2)25-23-21(15-10-18-8-6-5-7-9-18)26(24(23)28)19-11-13-20(29-3)14-12-19/h5-16,21,23,25H,4H2,1-3H3/b15-10+,17-16+/t21-,23+/m1/s1. The number of ether oxygens (including phenoxy) is 2. The molecule has 2 atom stereocenters. The second kappa shape index (κ2) is 9.78. The zero-order valence-electron chi connectivity index (χ0n) is 17.4. The van der Waals surface area contributed by atoms with E-state index in [4.69, 9.17) is 9.47 Å². The highest BCUT2D eigenvalue weighted by atomic mass is 16.5. The van der Waals surface area contributed by atoms with Gasteiger partial charge in [0.1, 0.15) is 11.8 Å². The van der Waals surface area contributed by atoms with Crippen LogP contribution in [0.4, 0.5) is 5.69 Å². The van der Waals surface area contributed by atoms with Crippen LogP contribution in [0, 0.1) is 0 Å². The van der Waals surface area contributed by atoms with E-state index in [2.05, 4.69) is 5.32 Å². The van der Waals surface area contributed by atoms with Crippen LogP contribution in [-0.2, 0) is 14.3 Å². The van der Waals surface area contributed by atoms with Crippen LogP contribution in [0.5, 0.6) is 5.75 Å². The highest BCUT2D eigenvalue weighted by Gasteiger charge is 2.46. The Balaban J connectivity index is 1.83. The first-order chi connectivity index (χ1) is 14.5. The summed E-state index contributed by atoms with van der Waals surface area (Å²) in [5, 5.41) is 3.16. The predicted octanol–water partition coefficient (Wildman–Crippen LogP) is 3.55. The van der Waals surface area contributed by atoms with Gasteiger partial charge in [-0.1, -0.05) is 42.5 Å². The first-order valence-corrected chi connectivity index (χ1v) is 9.85. The Kier molecular flexibility index (Phi) is 6.91. The number of anilines is 1. The van der Waals surface area contributed by atoms with Crippen molar-refractivity contribution in [3.63, 3.8) is 0 Å². The van der Waals surface area contributed by atoms with Gasteiger partial charge in [-0.25, -0.2) is 4.79 Å². The molecule has 0 aromatic heterocycles. The van der Waals surface area contributed by atoms with E-state index in [1.54, 1.807) is 25.9 Å². The van der Waals surface area contributed by atoms with Crippen molar-refractivity contribution < 1.29 is 19.1 Å². The van der Waals surface area contributed by atoms with Crippen LogP contribution in [0.1, 0.15) is 19.4 Å². The summed E-state index contributed by atoms with van der Waals surface area (Å²) < 4.78 is 10.1. The average molecular weight is 406 g/mol. The van der Waals surface area contributed by atoms with E-state index >= 15 is 0 Å². The van der Waals surface area contributed by atoms with Crippen molar-refractivity contribution >= 4 is 23.6 Å². The number of methoxy groups -OCH3 is 1. The lowest BCUT2D eigenvalue weighted by molar-refractivity contribution is -0.137. The zero-order valence-corrected chi connectivity index (χ0v) is 17.4. The number of nitrogens with one attached hydrogen (secondary N) is 1. The zero-order chi connectivity index (χ0) is 21.5. The molecule has 1 amide bonds. The van der Waals surface area contributed by atoms with Crippen LogP contribution < -0.4 is 15.0 Å². The maximum absolute atomic E-state index is 12.9. The third-order valence-corrected chi connectivity index (χ3v) is 4.78. The Labute approximate surface area is 176 Å². The Morgan fingerprint density at radius 3 is 2.47 bits per heavy atom. The molecule has 0 bridgehead atoms. The molecule has 0 spiro atoms. The van der Waals surface area contributed by atoms with E-state index in [-0.39, 0.29) is 11.9 Å². The van der Waals surface area contributed by atoms with Crippen molar-refractivity contribution in [3.05, 3.63) is 78.0 Å². The molecule has 1 N–H and O–H groups in total. The molecule has 0 saturated carbocycles. The number of benzene rings is 2. The quantitative estimate of drug-likeness (QED) is 0.413. The average Bonchev–Trinajstić information content (AvgIpc) is 2.76. The van der Waals surface area contributed by atoms with Gasteiger partial charge in [-0.15, -0.1) is 0 Å². The lowest BCUT2D eigenvalue weighted by Crippen LogP contribution is -2.69. The van der Waals surface area contributed by atoms with E-state index in [0.717, 1.165) is 17.0 Å². The van der Waals surface area contributed by atoms with E-state index in [9.17, 15) is 9.59 Å². The van der Waals surface area contributed by atoms with Crippen molar-refractivity contribution in [1.29, 1.82) is 0 Å². The number of carbonyl (C=O) groups excluding carboxylic acids is 2. The number of carbonyl (C=O) groups is 2. The van der Waals surface area contributed by atoms with Crippen LogP contribution in [0.15, 0.2) is 72.4 Å². The van der Waals surface area contributed by atoms with Crippen molar-refractivity contribution in [2.24, 2.45) is 0 Å². The van der Waals surface area contributed by atoms with Crippen LogP contribution >= 0.6 is 0 Å². The number of hydrogen-bond donors (Lipinski definition) is 1. The lowest BCUT2D eigenvalue weighted by atomic mass is 9.92. The molecule has 156 valence electrons. The van der Waals surface area contributed by atoms with Gasteiger partial charge in [-0.2, -0.15) is 0 Å². The van der Waals surface area contributed by atoms with Crippen molar-refractivity contribution in [2.75, 3.05) is 18.6 Å². The van der Waals surface area contributed by atoms with Crippen LogP contribution in [0.25, 0.3) is 6.08 Å². The van der Waals surface area contributed by atoms with Gasteiger partial charge in [0.15, 0.2) is 0 Å². The van der Waals surface area contributed by atoms with Crippen molar-refractivity contribution in [3.8, 4) is 5.75 Å². The minimum atomic E-state index is -0.474. The monoisotopic (exact) mass is 406 g/mol. The van der Waals surface area contributed by atoms with E-state index in [1.165, 1.54) is 6.08 Å². The van der Waals surface area contributed by atoms with E-state index < -0.39 is 12.0 Å². The number of hydrogen-bond acceptors (Lipinski definition) is 5. The predicted molar refractivity (Wildman–Crippen MR) is 117 cm³/mol. The van der Waals surface area contributed by atoms with Gasteiger partial charge < -0.3 is 19.7 Å². The lowest BCUT2D eigenvalue weighted by Gasteiger charge is -2.46. The number of nitrogens with zero attached hydrogens (tertiary/aromatic N) is 1. The fourth-order valence-corrected chi connectivity index (χ4v) is 3.32. The summed E-state index contributed by atoms with van der Waals surface area (Å²) in [4.78, 5) is 26.4. The number of β-lactam (4-membered cyclic amide) rings is 1. The molecular weight excluding hydrogens is 380 g/mol. The molecule has 2 aromatic carbocycles. The molecule has 0 radical (unpaired) electrons. The molecule has 6 nitrogen and oxygen atoms in total. The largest absolute Gasteiger partial charge is 0.497 e. The second-order valence-corrected chi connectivity index (χ2v) is 6.87. The molecule has 1 aliphatic heterocycles. The first kappa shape index (κ1) is 21.2. The summed E-state index contributed by atoms with van der Waals surface area (Å²) in [6.45, 7) is 3.80. The van der Waals surface area contributed by atoms with Gasteiger partial charge in [0.05, 0.1) is 19.8 Å². The summed E-state index contributed by atoms with van der Waals surface area (Å²) >= 11 is 0. The van der Waals surface area contributed by atoms with Gasteiger partial charge in [0.25, 0.3) is 5.91 Å². The molecule has 2 aromatic rings. The van der Waals surface area contributed by atoms with Gasteiger partial charge in [0, 0.05) is 17.5 Å². The van der Waals surface area contributed by atoms with Crippen LogP contribution in [-0.4, -0.2) is 37.7 Å². The highest BCUT2D eigenvalue weighted by molar-refractivity contribution is 6.06. The second-order valence-electron chi connectivity index (χ2n) is 6.87. The third-order valence-electron chi connectivity index (χ3n) is 4.78. The van der Waals surface area contributed by atoms with Crippen molar-refractivity contribution in [2.45, 2.75) is 25.9 Å². The normalized spacial score (nSPS) is 18.8. The highest BCUT2D eigenvalue weighted by Crippen LogP contribution is 2.31. The number of esters is 1. The Morgan fingerprint density at radius 1 is 1.13 bits per heavy atom. The molecule has 3 rings (SSSR count). The molecule has 6 heteroatoms. The number of rotatable bonds is 8. The van der Waals surface area contributed by atoms with Gasteiger partial charge in [0.2, 0.25) is 0 Å². The minimum Gasteiger partial charge on any atom is -0.497 e. The van der Waals surface area contributed by atoms with Crippen LogP contribution in [0.3, 0.4) is 0 Å². The summed E-state index contributed by atoms with van der Waals surface area (Å²) in [6, 6.07) is 16.6. The third kappa shape index (κ3) is 4.89. The molecule has 0 unspecified atom stereocenters. The molecule has 1 saturated heterocycles. The summed E-state index contributed by atoms with van der Waals surface area (Å²) in [5.74, 6) is 0.225. The maximum Gasteiger partial charge on any atom is 0.332 e. The molecular formula is C24H26N2O4. The van der Waals surface area contributed by atoms with Crippen LogP contribution in [0.2, 0.25) is 0 Å². The fourth-order valence-electron chi connectivity index (χ4n) is 3.32. The topological polar surface area (TPSA) is 67.9 Å². The summed E-state index contributed by atoms with van der Waals surface area (Å²) in [7, 11) is 1.60. The Hall–Kier alpha value is -3.54. The Morgan fingerprint density at radius 2 is 1.83 bits per heavy atom. The molecule has 1 heterocycles. The fraction of sp³-hybridized carbons (Fsp3) is 0.250. The SMILES string of the molecule is CCOC(=O)/C=C(\C)N[C@@H]1C(=O)N(c2ccc(OC)cc2)[C@@H]1/C=C/c1ccccc1. The van der Waals surface area contributed by atoms with Gasteiger partial charge in [-0.05, 0) is 43.7 Å². The first-order valence-electron chi connectivity index (χ1n) is 9.85. The number of allylic oxidation sites excluding steroid dienone is 1. The summed E-state index contributed by atoms with van der Waals surface area (Å²) in [6.07, 6.45) is 5.35. The smallest absolute Gasteiger partial charge is 0.332 e. The molecule has 30 heavy (non-hydrogen) atoms. The van der Waals surface area contributed by atoms with E-state index in [1.807, 2.05) is 66.7 Å². The maximum atomic E-state index is 12.9. The molecule has 0 aliphatic carbocycles. The Bertz CT molecular complexity index is 935. The summed E-state index contributed by atoms with van der Waals surface area (Å²) in [5.41, 5.74) is 2.41. The van der Waals surface area contributed by atoms with Gasteiger partial charge >= 0.3 is 5.97 Å². The minimum absolute atomic E-state index is 0.0699. The number of amides is 1. The van der Waals surface area contributed by atoms with Gasteiger partial charge in [-0.3, -0.25) is 4.79 Å². The van der Waals surface area contributed by atoms with E-state index in [0.29, 0.717) is 12.3 Å². The van der Waals surface area contributed by atoms with Crippen molar-refractivity contribution in [1.82, 2.24) is 5.32 Å². The molecule has 1 aliphatic rings.